The van der Waals surface area contributed by atoms with E-state index in [1.807, 2.05) is 6.07 Å². The van der Waals surface area contributed by atoms with Gasteiger partial charge in [-0.3, -0.25) is 4.79 Å². The summed E-state index contributed by atoms with van der Waals surface area (Å²) < 4.78 is 13.9. The molecular formula is C13H11FOS2. The van der Waals surface area contributed by atoms with Crippen molar-refractivity contribution in [1.29, 1.82) is 0 Å². The second kappa shape index (κ2) is 4.42. The first-order chi connectivity index (χ1) is 8.24. The number of Topliss-reactive ketones (excluding diaryl/α,β-unsaturated/α-hetero) is 1. The molecule has 3 rings (SSSR count). The van der Waals surface area contributed by atoms with E-state index < -0.39 is 0 Å². The molecule has 1 aliphatic rings. The first-order valence-electron chi connectivity index (χ1n) is 5.59. The van der Waals surface area contributed by atoms with Crippen molar-refractivity contribution in [2.45, 2.75) is 18.1 Å². The van der Waals surface area contributed by atoms with Crippen LogP contribution in [0.1, 0.15) is 22.5 Å². The van der Waals surface area contributed by atoms with Gasteiger partial charge in [0.1, 0.15) is 5.82 Å². The molecular weight excluding hydrogens is 255 g/mol. The lowest BCUT2D eigenvalue weighted by Gasteiger charge is -2.03. The summed E-state index contributed by atoms with van der Waals surface area (Å²) >= 11 is 3.14. The Morgan fingerprint density at radius 2 is 2.24 bits per heavy atom. The van der Waals surface area contributed by atoms with Gasteiger partial charge in [-0.25, -0.2) is 4.39 Å². The van der Waals surface area contributed by atoms with Crippen molar-refractivity contribution in [3.05, 3.63) is 35.0 Å². The van der Waals surface area contributed by atoms with E-state index in [1.54, 1.807) is 17.8 Å². The summed E-state index contributed by atoms with van der Waals surface area (Å²) in [5, 5.41) is 1.08. The molecule has 1 aromatic heterocycles. The van der Waals surface area contributed by atoms with Gasteiger partial charge in [-0.15, -0.1) is 11.3 Å². The van der Waals surface area contributed by atoms with Gasteiger partial charge in [-0.1, -0.05) is 6.07 Å². The minimum atomic E-state index is -0.242. The van der Waals surface area contributed by atoms with E-state index in [0.29, 0.717) is 0 Å². The van der Waals surface area contributed by atoms with Crippen molar-refractivity contribution in [3.8, 4) is 0 Å². The number of hydrogen-bond acceptors (Lipinski definition) is 3. The summed E-state index contributed by atoms with van der Waals surface area (Å²) in [5.41, 5.74) is 0. The number of halogens is 1. The number of rotatable bonds is 2. The van der Waals surface area contributed by atoms with Crippen molar-refractivity contribution >= 4 is 39.0 Å². The lowest BCUT2D eigenvalue weighted by atomic mass is 10.1. The standard InChI is InChI=1S/C13H11FOS2/c14-9-4-3-8-6-12(17-11(8)7-9)13(15)10-2-1-5-16-10/h3-4,6-7,10H,1-2,5H2. The predicted molar refractivity (Wildman–Crippen MR) is 71.6 cm³/mol. The van der Waals surface area contributed by atoms with Crippen LogP contribution < -0.4 is 0 Å². The number of thioether (sulfide) groups is 1. The summed E-state index contributed by atoms with van der Waals surface area (Å²) in [6.45, 7) is 0. The number of benzene rings is 1. The molecule has 0 aliphatic carbocycles. The second-order valence-corrected chi connectivity index (χ2v) is 6.55. The average molecular weight is 266 g/mol. The molecule has 2 heterocycles. The van der Waals surface area contributed by atoms with Gasteiger partial charge < -0.3 is 0 Å². The Balaban J connectivity index is 1.97. The number of carbonyl (C=O) groups is 1. The Morgan fingerprint density at radius 3 is 3.00 bits per heavy atom. The molecule has 0 amide bonds. The van der Waals surface area contributed by atoms with Crippen LogP contribution in [0, 0.1) is 5.82 Å². The molecule has 0 saturated carbocycles. The first-order valence-corrected chi connectivity index (χ1v) is 7.45. The van der Waals surface area contributed by atoms with Crippen molar-refractivity contribution in [1.82, 2.24) is 0 Å². The van der Waals surface area contributed by atoms with Gasteiger partial charge in [-0.05, 0) is 42.2 Å². The molecule has 0 N–H and O–H groups in total. The van der Waals surface area contributed by atoms with Crippen LogP contribution in [0.25, 0.3) is 10.1 Å². The summed E-state index contributed by atoms with van der Waals surface area (Å²) in [4.78, 5) is 13.0. The molecule has 0 radical (unpaired) electrons. The Kier molecular flexibility index (Phi) is 2.92. The monoisotopic (exact) mass is 266 g/mol. The van der Waals surface area contributed by atoms with E-state index in [1.165, 1.54) is 23.5 Å². The van der Waals surface area contributed by atoms with Gasteiger partial charge in [0.05, 0.1) is 10.1 Å². The fraction of sp³-hybridized carbons (Fsp3) is 0.308. The van der Waals surface area contributed by atoms with E-state index in [-0.39, 0.29) is 16.9 Å². The van der Waals surface area contributed by atoms with Crippen molar-refractivity contribution in [2.75, 3.05) is 5.75 Å². The predicted octanol–water partition coefficient (Wildman–Crippen LogP) is 4.12. The maximum atomic E-state index is 13.1. The third-order valence-corrected chi connectivity index (χ3v) is 5.44. The van der Waals surface area contributed by atoms with Crippen LogP contribution in [-0.4, -0.2) is 16.8 Å². The molecule has 17 heavy (non-hydrogen) atoms. The van der Waals surface area contributed by atoms with E-state index in [0.717, 1.165) is 33.6 Å². The van der Waals surface area contributed by atoms with E-state index in [4.69, 9.17) is 0 Å². The van der Waals surface area contributed by atoms with Crippen LogP contribution >= 0.6 is 23.1 Å². The quantitative estimate of drug-likeness (QED) is 0.761. The van der Waals surface area contributed by atoms with E-state index in [9.17, 15) is 9.18 Å². The number of hydrogen-bond donors (Lipinski definition) is 0. The zero-order valence-electron chi connectivity index (χ0n) is 9.11. The van der Waals surface area contributed by atoms with Gasteiger partial charge in [0.2, 0.25) is 0 Å². The Hall–Kier alpha value is -0.870. The molecule has 1 fully saturated rings. The molecule has 2 aromatic rings. The van der Waals surface area contributed by atoms with Crippen LogP contribution in [0.2, 0.25) is 0 Å². The van der Waals surface area contributed by atoms with E-state index in [2.05, 4.69) is 0 Å². The van der Waals surface area contributed by atoms with Crippen molar-refractivity contribution < 1.29 is 9.18 Å². The molecule has 1 aromatic carbocycles. The molecule has 1 aliphatic heterocycles. The SMILES string of the molecule is O=C(c1cc2ccc(F)cc2s1)C1CCCS1. The largest absolute Gasteiger partial charge is 0.292 e. The molecule has 1 unspecified atom stereocenters. The average Bonchev–Trinajstić information content (AvgIpc) is 2.96. The topological polar surface area (TPSA) is 17.1 Å². The van der Waals surface area contributed by atoms with Gasteiger partial charge in [-0.2, -0.15) is 11.8 Å². The van der Waals surface area contributed by atoms with Crippen LogP contribution in [0.4, 0.5) is 4.39 Å². The highest BCUT2D eigenvalue weighted by molar-refractivity contribution is 8.00. The van der Waals surface area contributed by atoms with Crippen LogP contribution in [0.3, 0.4) is 0 Å². The maximum Gasteiger partial charge on any atom is 0.185 e. The lowest BCUT2D eigenvalue weighted by molar-refractivity contribution is 0.0992. The Labute approximate surface area is 107 Å². The number of thiophene rings is 1. The first kappa shape index (κ1) is 11.2. The van der Waals surface area contributed by atoms with Gasteiger partial charge in [0, 0.05) is 4.70 Å². The van der Waals surface area contributed by atoms with Gasteiger partial charge >= 0.3 is 0 Å². The third-order valence-electron chi connectivity index (χ3n) is 2.95. The summed E-state index contributed by atoms with van der Waals surface area (Å²) in [5.74, 6) is 1.05. The van der Waals surface area contributed by atoms with Crippen molar-refractivity contribution in [3.63, 3.8) is 0 Å². The van der Waals surface area contributed by atoms with Crippen LogP contribution in [0.15, 0.2) is 24.3 Å². The molecule has 0 spiro atoms. The molecule has 4 heteroatoms. The van der Waals surface area contributed by atoms with Gasteiger partial charge in [0.15, 0.2) is 5.78 Å². The summed E-state index contributed by atoms with van der Waals surface area (Å²) in [6, 6.07) is 6.56. The number of fused-ring (bicyclic) bond motifs is 1. The zero-order valence-corrected chi connectivity index (χ0v) is 10.7. The second-order valence-electron chi connectivity index (χ2n) is 4.16. The molecule has 1 atom stereocenters. The molecule has 1 saturated heterocycles. The van der Waals surface area contributed by atoms with Crippen LogP contribution in [0.5, 0.6) is 0 Å². The highest BCUT2D eigenvalue weighted by atomic mass is 32.2. The Bertz CT molecular complexity index is 570. The van der Waals surface area contributed by atoms with Crippen LogP contribution in [-0.2, 0) is 0 Å². The Morgan fingerprint density at radius 1 is 1.35 bits per heavy atom. The highest BCUT2D eigenvalue weighted by Crippen LogP contribution is 2.33. The fourth-order valence-corrected chi connectivity index (χ4v) is 4.46. The molecule has 1 nitrogen and oxygen atoms in total. The highest BCUT2D eigenvalue weighted by Gasteiger charge is 2.25. The summed E-state index contributed by atoms with van der Waals surface area (Å²) in [6.07, 6.45) is 2.10. The number of ketones is 1. The molecule has 88 valence electrons. The lowest BCUT2D eigenvalue weighted by Crippen LogP contribution is -2.12. The fourth-order valence-electron chi connectivity index (χ4n) is 2.07. The van der Waals surface area contributed by atoms with Gasteiger partial charge in [0.25, 0.3) is 0 Å². The molecule has 0 bridgehead atoms. The summed E-state index contributed by atoms with van der Waals surface area (Å²) in [7, 11) is 0. The number of carbonyl (C=O) groups excluding carboxylic acids is 1. The minimum Gasteiger partial charge on any atom is -0.292 e. The zero-order chi connectivity index (χ0) is 11.8. The maximum absolute atomic E-state index is 13.1. The third kappa shape index (κ3) is 2.11. The minimum absolute atomic E-state index is 0.118. The normalized spacial score (nSPS) is 19.9. The van der Waals surface area contributed by atoms with E-state index >= 15 is 0 Å². The smallest absolute Gasteiger partial charge is 0.185 e. The van der Waals surface area contributed by atoms with Crippen molar-refractivity contribution in [2.24, 2.45) is 0 Å².